The summed E-state index contributed by atoms with van der Waals surface area (Å²) in [4.78, 5) is 4.15. The van der Waals surface area contributed by atoms with Crippen LogP contribution in [0.1, 0.15) is 30.9 Å². The molecular weight excluding hydrogens is 162 g/mol. The van der Waals surface area contributed by atoms with Gasteiger partial charge >= 0.3 is 0 Å². The summed E-state index contributed by atoms with van der Waals surface area (Å²) in [5, 5.41) is 4.09. The van der Waals surface area contributed by atoms with Gasteiger partial charge in [-0.2, -0.15) is 5.10 Å². The van der Waals surface area contributed by atoms with E-state index in [9.17, 15) is 0 Å². The van der Waals surface area contributed by atoms with Gasteiger partial charge in [0.05, 0.1) is 0 Å². The summed E-state index contributed by atoms with van der Waals surface area (Å²) < 4.78 is 1.81. The lowest BCUT2D eigenvalue weighted by Crippen LogP contribution is -1.96. The molecule has 2 rings (SSSR count). The number of rotatable bonds is 1. The molecule has 2 heterocycles. The maximum Gasteiger partial charge on any atom is 0.155 e. The molecule has 3 nitrogen and oxygen atoms in total. The summed E-state index contributed by atoms with van der Waals surface area (Å²) in [7, 11) is 0. The van der Waals surface area contributed by atoms with Crippen molar-refractivity contribution >= 4 is 5.65 Å². The third-order valence-electron chi connectivity index (χ3n) is 2.28. The molecule has 0 aliphatic carbocycles. The molecule has 68 valence electrons. The molecule has 0 radical (unpaired) electrons. The Morgan fingerprint density at radius 1 is 1.38 bits per heavy atom. The van der Waals surface area contributed by atoms with Crippen molar-refractivity contribution in [1.82, 2.24) is 14.6 Å². The van der Waals surface area contributed by atoms with E-state index >= 15 is 0 Å². The summed E-state index contributed by atoms with van der Waals surface area (Å²) in [5.74, 6) is 0.543. The molecule has 0 aromatic carbocycles. The minimum atomic E-state index is 0.543. The van der Waals surface area contributed by atoms with Gasteiger partial charge in [0.2, 0.25) is 0 Å². The smallest absolute Gasteiger partial charge is 0.155 e. The molecule has 0 saturated heterocycles. The molecule has 0 fully saturated rings. The summed E-state index contributed by atoms with van der Waals surface area (Å²) in [6, 6.07) is 2.10. The van der Waals surface area contributed by atoms with E-state index in [1.54, 1.807) is 10.8 Å². The van der Waals surface area contributed by atoms with E-state index in [1.807, 2.05) is 6.20 Å². The SMILES string of the molecule is Cc1cn2ncnc2cc1C(C)C. The fraction of sp³-hybridized carbons (Fsp3) is 0.400. The predicted octanol–water partition coefficient (Wildman–Crippen LogP) is 2.16. The number of aromatic nitrogens is 3. The van der Waals surface area contributed by atoms with Gasteiger partial charge in [0, 0.05) is 6.20 Å². The lowest BCUT2D eigenvalue weighted by Gasteiger charge is -2.08. The van der Waals surface area contributed by atoms with E-state index in [4.69, 9.17) is 0 Å². The van der Waals surface area contributed by atoms with Crippen LogP contribution in [-0.4, -0.2) is 14.6 Å². The van der Waals surface area contributed by atoms with Gasteiger partial charge in [-0.05, 0) is 30.0 Å². The molecule has 3 heteroatoms. The first-order valence-electron chi connectivity index (χ1n) is 4.48. The van der Waals surface area contributed by atoms with Gasteiger partial charge in [0.1, 0.15) is 6.33 Å². The second-order valence-corrected chi connectivity index (χ2v) is 3.63. The summed E-state index contributed by atoms with van der Waals surface area (Å²) in [5.41, 5.74) is 3.54. The van der Waals surface area contributed by atoms with E-state index in [-0.39, 0.29) is 0 Å². The number of fused-ring (bicyclic) bond motifs is 1. The Morgan fingerprint density at radius 2 is 2.15 bits per heavy atom. The van der Waals surface area contributed by atoms with Gasteiger partial charge in [-0.1, -0.05) is 13.8 Å². The minimum absolute atomic E-state index is 0.543. The predicted molar refractivity (Wildman–Crippen MR) is 51.8 cm³/mol. The fourth-order valence-electron chi connectivity index (χ4n) is 1.59. The Labute approximate surface area is 77.4 Å². The number of nitrogens with zero attached hydrogens (tertiary/aromatic N) is 3. The summed E-state index contributed by atoms with van der Waals surface area (Å²) in [6.07, 6.45) is 3.61. The lowest BCUT2D eigenvalue weighted by atomic mass is 10.0. The number of aryl methyl sites for hydroxylation is 1. The molecule has 0 unspecified atom stereocenters. The Kier molecular flexibility index (Phi) is 1.79. The van der Waals surface area contributed by atoms with Crippen LogP contribution in [0.15, 0.2) is 18.6 Å². The van der Waals surface area contributed by atoms with Crippen molar-refractivity contribution in [3.05, 3.63) is 29.7 Å². The van der Waals surface area contributed by atoms with Gasteiger partial charge in [0.15, 0.2) is 5.65 Å². The van der Waals surface area contributed by atoms with Crippen LogP contribution in [0.4, 0.5) is 0 Å². The normalized spacial score (nSPS) is 11.4. The molecule has 0 bridgehead atoms. The number of hydrogen-bond acceptors (Lipinski definition) is 2. The minimum Gasteiger partial charge on any atom is -0.221 e. The van der Waals surface area contributed by atoms with E-state index in [0.29, 0.717) is 5.92 Å². The maximum absolute atomic E-state index is 4.15. The highest BCUT2D eigenvalue weighted by molar-refractivity contribution is 5.43. The van der Waals surface area contributed by atoms with Gasteiger partial charge < -0.3 is 0 Å². The Bertz CT molecular complexity index is 429. The average Bonchev–Trinajstić information content (AvgIpc) is 2.48. The molecule has 13 heavy (non-hydrogen) atoms. The molecular formula is C10H13N3. The zero-order valence-electron chi connectivity index (χ0n) is 8.15. The standard InChI is InChI=1S/C10H13N3/c1-7(2)9-4-10-11-6-12-13(10)5-8(9)3/h4-7H,1-3H3. The van der Waals surface area contributed by atoms with E-state index in [2.05, 4.69) is 36.9 Å². The number of pyridine rings is 1. The molecule has 0 N–H and O–H groups in total. The Morgan fingerprint density at radius 3 is 2.85 bits per heavy atom. The van der Waals surface area contributed by atoms with Gasteiger partial charge in [0.25, 0.3) is 0 Å². The van der Waals surface area contributed by atoms with E-state index in [0.717, 1.165) is 5.65 Å². The van der Waals surface area contributed by atoms with E-state index in [1.165, 1.54) is 11.1 Å². The Balaban J connectivity index is 2.69. The number of hydrogen-bond donors (Lipinski definition) is 0. The van der Waals surface area contributed by atoms with Crippen LogP contribution in [0.2, 0.25) is 0 Å². The molecule has 2 aromatic heterocycles. The molecule has 0 atom stereocenters. The quantitative estimate of drug-likeness (QED) is 0.664. The zero-order chi connectivity index (χ0) is 9.42. The summed E-state index contributed by atoms with van der Waals surface area (Å²) >= 11 is 0. The monoisotopic (exact) mass is 175 g/mol. The Hall–Kier alpha value is -1.38. The van der Waals surface area contributed by atoms with Gasteiger partial charge in [-0.15, -0.1) is 0 Å². The third kappa shape index (κ3) is 1.30. The van der Waals surface area contributed by atoms with Crippen LogP contribution in [0.3, 0.4) is 0 Å². The van der Waals surface area contributed by atoms with Crippen molar-refractivity contribution in [2.45, 2.75) is 26.7 Å². The van der Waals surface area contributed by atoms with Gasteiger partial charge in [-0.25, -0.2) is 9.50 Å². The molecule has 0 saturated carbocycles. The van der Waals surface area contributed by atoms with Crippen molar-refractivity contribution in [3.63, 3.8) is 0 Å². The fourth-order valence-corrected chi connectivity index (χ4v) is 1.59. The lowest BCUT2D eigenvalue weighted by molar-refractivity contribution is 0.841. The first kappa shape index (κ1) is 8.23. The van der Waals surface area contributed by atoms with Gasteiger partial charge in [-0.3, -0.25) is 0 Å². The van der Waals surface area contributed by atoms with Crippen LogP contribution in [0.25, 0.3) is 5.65 Å². The van der Waals surface area contributed by atoms with Crippen LogP contribution >= 0.6 is 0 Å². The van der Waals surface area contributed by atoms with Crippen molar-refractivity contribution in [2.75, 3.05) is 0 Å². The van der Waals surface area contributed by atoms with Crippen molar-refractivity contribution in [3.8, 4) is 0 Å². The topological polar surface area (TPSA) is 30.2 Å². The van der Waals surface area contributed by atoms with Crippen molar-refractivity contribution in [2.24, 2.45) is 0 Å². The van der Waals surface area contributed by atoms with Crippen molar-refractivity contribution in [1.29, 1.82) is 0 Å². The third-order valence-corrected chi connectivity index (χ3v) is 2.28. The molecule has 2 aromatic rings. The second kappa shape index (κ2) is 2.83. The highest BCUT2D eigenvalue weighted by Crippen LogP contribution is 2.19. The molecule has 0 aliphatic rings. The highest BCUT2D eigenvalue weighted by Gasteiger charge is 2.05. The van der Waals surface area contributed by atoms with E-state index < -0.39 is 0 Å². The first-order valence-corrected chi connectivity index (χ1v) is 4.48. The first-order chi connectivity index (χ1) is 6.18. The molecule has 0 aliphatic heterocycles. The van der Waals surface area contributed by atoms with Crippen LogP contribution < -0.4 is 0 Å². The zero-order valence-corrected chi connectivity index (χ0v) is 8.15. The second-order valence-electron chi connectivity index (χ2n) is 3.63. The average molecular weight is 175 g/mol. The van der Waals surface area contributed by atoms with Crippen molar-refractivity contribution < 1.29 is 0 Å². The van der Waals surface area contributed by atoms with Crippen LogP contribution in [0, 0.1) is 6.92 Å². The molecule has 0 amide bonds. The summed E-state index contributed by atoms with van der Waals surface area (Å²) in [6.45, 7) is 6.49. The molecule has 0 spiro atoms. The highest BCUT2D eigenvalue weighted by atomic mass is 15.3. The van der Waals surface area contributed by atoms with Crippen LogP contribution in [0.5, 0.6) is 0 Å². The largest absolute Gasteiger partial charge is 0.221 e. The maximum atomic E-state index is 4.15. The van der Waals surface area contributed by atoms with Crippen LogP contribution in [-0.2, 0) is 0 Å².